The molecule has 1 amide bonds. The zero-order valence-corrected chi connectivity index (χ0v) is 13.8. The molecule has 3 heterocycles. The van der Waals surface area contributed by atoms with Crippen LogP contribution >= 0.6 is 24.8 Å². The molecule has 8 heteroatoms. The van der Waals surface area contributed by atoms with Crippen molar-refractivity contribution in [3.05, 3.63) is 36.3 Å². The topological polar surface area (TPSA) is 61.7 Å². The van der Waals surface area contributed by atoms with E-state index in [-0.39, 0.29) is 30.7 Å². The van der Waals surface area contributed by atoms with Crippen LogP contribution in [0.4, 0.5) is 0 Å². The number of imidazole rings is 1. The second kappa shape index (κ2) is 8.95. The Morgan fingerprint density at radius 2 is 2.05 bits per heavy atom. The lowest BCUT2D eigenvalue weighted by Crippen LogP contribution is -2.46. The third-order valence-corrected chi connectivity index (χ3v) is 3.57. The van der Waals surface area contributed by atoms with Crippen molar-refractivity contribution in [3.63, 3.8) is 0 Å². The average molecular weight is 346 g/mol. The molecule has 0 saturated carbocycles. The van der Waals surface area contributed by atoms with Gasteiger partial charge in [-0.2, -0.15) is 0 Å². The Kier molecular flexibility index (Phi) is 7.61. The molecule has 6 nitrogen and oxygen atoms in total. The fraction of sp³-hybridized carbons (Fsp3) is 0.429. The van der Waals surface area contributed by atoms with Gasteiger partial charge < -0.3 is 15.0 Å². The van der Waals surface area contributed by atoms with Gasteiger partial charge in [-0.3, -0.25) is 9.69 Å². The lowest BCUT2D eigenvalue weighted by Gasteiger charge is -2.27. The number of nitrogens with one attached hydrogen (secondary N) is 2. The Bertz CT molecular complexity index is 598. The molecular formula is C14H21Cl2N5O. The number of nitrogens with zero attached hydrogens (tertiary/aromatic N) is 3. The van der Waals surface area contributed by atoms with Crippen LogP contribution in [0.3, 0.4) is 0 Å². The summed E-state index contributed by atoms with van der Waals surface area (Å²) in [6.45, 7) is 5.76. The van der Waals surface area contributed by atoms with Crippen LogP contribution < -0.4 is 10.6 Å². The Morgan fingerprint density at radius 3 is 2.82 bits per heavy atom. The Labute approximate surface area is 142 Å². The highest BCUT2D eigenvalue weighted by Gasteiger charge is 2.10. The number of hydrogen-bond acceptors (Lipinski definition) is 4. The van der Waals surface area contributed by atoms with E-state index in [1.165, 1.54) is 0 Å². The maximum Gasteiger partial charge on any atom is 0.252 e. The Hall–Kier alpha value is -1.34. The van der Waals surface area contributed by atoms with Crippen LogP contribution in [-0.4, -0.2) is 59.5 Å². The second-order valence-electron chi connectivity index (χ2n) is 4.96. The molecule has 1 saturated heterocycles. The molecular weight excluding hydrogens is 325 g/mol. The number of pyridine rings is 1. The first-order valence-corrected chi connectivity index (χ1v) is 6.97. The maximum absolute atomic E-state index is 12.1. The largest absolute Gasteiger partial charge is 0.351 e. The van der Waals surface area contributed by atoms with Crippen LogP contribution in [0.15, 0.2) is 30.7 Å². The molecule has 22 heavy (non-hydrogen) atoms. The third-order valence-electron chi connectivity index (χ3n) is 3.57. The molecule has 0 aliphatic carbocycles. The summed E-state index contributed by atoms with van der Waals surface area (Å²) in [6, 6.07) is 3.66. The van der Waals surface area contributed by atoms with E-state index < -0.39 is 0 Å². The van der Waals surface area contributed by atoms with E-state index in [0.717, 1.165) is 38.4 Å². The first kappa shape index (κ1) is 18.7. The minimum absolute atomic E-state index is 0. The van der Waals surface area contributed by atoms with Gasteiger partial charge in [0.25, 0.3) is 5.91 Å². The van der Waals surface area contributed by atoms with Crippen LogP contribution in [0.25, 0.3) is 5.65 Å². The van der Waals surface area contributed by atoms with Gasteiger partial charge in [-0.1, -0.05) is 0 Å². The maximum atomic E-state index is 12.1. The van der Waals surface area contributed by atoms with E-state index >= 15 is 0 Å². The van der Waals surface area contributed by atoms with E-state index in [9.17, 15) is 4.79 Å². The van der Waals surface area contributed by atoms with Gasteiger partial charge >= 0.3 is 0 Å². The molecule has 1 fully saturated rings. The molecule has 0 spiro atoms. The molecule has 2 aromatic heterocycles. The predicted octanol–water partition coefficient (Wildman–Crippen LogP) is 0.813. The average Bonchev–Trinajstić information content (AvgIpc) is 2.95. The van der Waals surface area contributed by atoms with Gasteiger partial charge in [0.05, 0.1) is 5.56 Å². The number of rotatable bonds is 4. The number of hydrogen-bond donors (Lipinski definition) is 2. The van der Waals surface area contributed by atoms with Gasteiger partial charge in [-0.25, -0.2) is 4.98 Å². The highest BCUT2D eigenvalue weighted by Crippen LogP contribution is 2.04. The number of carbonyl (C=O) groups excluding carboxylic acids is 1. The normalized spacial score (nSPS) is 14.9. The van der Waals surface area contributed by atoms with Crippen molar-refractivity contribution < 1.29 is 4.79 Å². The molecule has 122 valence electrons. The first-order valence-electron chi connectivity index (χ1n) is 6.97. The van der Waals surface area contributed by atoms with Gasteiger partial charge in [-0.15, -0.1) is 24.8 Å². The van der Waals surface area contributed by atoms with E-state index in [0.29, 0.717) is 12.1 Å². The van der Waals surface area contributed by atoms with E-state index in [1.54, 1.807) is 6.20 Å². The fourth-order valence-corrected chi connectivity index (χ4v) is 2.42. The number of aromatic nitrogens is 2. The quantitative estimate of drug-likeness (QED) is 0.860. The summed E-state index contributed by atoms with van der Waals surface area (Å²) in [4.78, 5) is 18.6. The van der Waals surface area contributed by atoms with Crippen LogP contribution in [0, 0.1) is 0 Å². The second-order valence-corrected chi connectivity index (χ2v) is 4.96. The molecule has 0 atom stereocenters. The summed E-state index contributed by atoms with van der Waals surface area (Å²) in [5.74, 6) is -0.0317. The third kappa shape index (κ3) is 4.58. The number of amides is 1. The smallest absolute Gasteiger partial charge is 0.252 e. The molecule has 1 aliphatic heterocycles. The summed E-state index contributed by atoms with van der Waals surface area (Å²) < 4.78 is 1.85. The van der Waals surface area contributed by atoms with Crippen molar-refractivity contribution in [2.24, 2.45) is 0 Å². The number of carbonyl (C=O) groups is 1. The van der Waals surface area contributed by atoms with Gasteiger partial charge in [0.2, 0.25) is 0 Å². The number of halogens is 2. The lowest BCUT2D eigenvalue weighted by atomic mass is 10.2. The fourth-order valence-electron chi connectivity index (χ4n) is 2.42. The summed E-state index contributed by atoms with van der Waals surface area (Å²) in [6.07, 6.45) is 5.37. The first-order chi connectivity index (χ1) is 9.83. The predicted molar refractivity (Wildman–Crippen MR) is 91.3 cm³/mol. The van der Waals surface area contributed by atoms with Crippen LogP contribution in [0.1, 0.15) is 10.4 Å². The highest BCUT2D eigenvalue weighted by atomic mass is 35.5. The van der Waals surface area contributed by atoms with Crippen molar-refractivity contribution in [1.29, 1.82) is 0 Å². The van der Waals surface area contributed by atoms with Crippen molar-refractivity contribution in [3.8, 4) is 0 Å². The van der Waals surface area contributed by atoms with Gasteiger partial charge in [0, 0.05) is 57.9 Å². The van der Waals surface area contributed by atoms with E-state index in [2.05, 4.69) is 20.5 Å². The summed E-state index contributed by atoms with van der Waals surface area (Å²) >= 11 is 0. The standard InChI is InChI=1S/C14H19N5O.2ClH/c20-14(17-5-9-18-7-3-15-4-8-18)12-1-2-13-16-6-10-19(13)11-12;;/h1-2,6,10-11,15H,3-5,7-9H2,(H,17,20);2*1H. The molecule has 0 unspecified atom stereocenters. The van der Waals surface area contributed by atoms with Crippen molar-refractivity contribution in [2.45, 2.75) is 0 Å². The SMILES string of the molecule is Cl.Cl.O=C(NCCN1CCNCC1)c1ccc2nccn2c1. The molecule has 1 aliphatic rings. The van der Waals surface area contributed by atoms with Crippen LogP contribution in [0.2, 0.25) is 0 Å². The summed E-state index contributed by atoms with van der Waals surface area (Å²) in [7, 11) is 0. The molecule has 0 aromatic carbocycles. The Morgan fingerprint density at radius 1 is 1.27 bits per heavy atom. The zero-order chi connectivity index (χ0) is 13.8. The minimum Gasteiger partial charge on any atom is -0.351 e. The number of fused-ring (bicyclic) bond motifs is 1. The monoisotopic (exact) mass is 345 g/mol. The van der Waals surface area contributed by atoms with Gasteiger partial charge in [0.15, 0.2) is 0 Å². The van der Waals surface area contributed by atoms with Crippen molar-refractivity contribution >= 4 is 36.4 Å². The highest BCUT2D eigenvalue weighted by molar-refractivity contribution is 5.94. The summed E-state index contributed by atoms with van der Waals surface area (Å²) in [5.41, 5.74) is 1.51. The zero-order valence-electron chi connectivity index (χ0n) is 12.2. The molecule has 2 N–H and O–H groups in total. The summed E-state index contributed by atoms with van der Waals surface area (Å²) in [5, 5.41) is 6.28. The molecule has 2 aromatic rings. The van der Waals surface area contributed by atoms with E-state index in [1.807, 2.05) is 28.9 Å². The molecule has 3 rings (SSSR count). The van der Waals surface area contributed by atoms with Crippen molar-refractivity contribution in [1.82, 2.24) is 24.9 Å². The lowest BCUT2D eigenvalue weighted by molar-refractivity contribution is 0.0947. The number of piperazine rings is 1. The Balaban J connectivity index is 0.00000121. The van der Waals surface area contributed by atoms with Crippen molar-refractivity contribution in [2.75, 3.05) is 39.3 Å². The van der Waals surface area contributed by atoms with Gasteiger partial charge in [-0.05, 0) is 12.1 Å². The molecule has 0 bridgehead atoms. The van der Waals surface area contributed by atoms with Gasteiger partial charge in [0.1, 0.15) is 5.65 Å². The molecule has 0 radical (unpaired) electrons. The van der Waals surface area contributed by atoms with E-state index in [4.69, 9.17) is 0 Å². The van der Waals surface area contributed by atoms with Crippen LogP contribution in [-0.2, 0) is 0 Å². The van der Waals surface area contributed by atoms with Crippen LogP contribution in [0.5, 0.6) is 0 Å². The minimum atomic E-state index is -0.0317.